The summed E-state index contributed by atoms with van der Waals surface area (Å²) in [5.41, 5.74) is 1.05. The summed E-state index contributed by atoms with van der Waals surface area (Å²) in [7, 11) is 2.01. The second-order valence-corrected chi connectivity index (χ2v) is 8.98. The van der Waals surface area contributed by atoms with Crippen LogP contribution < -0.4 is 10.2 Å². The molecule has 0 saturated carbocycles. The molecule has 114 valence electrons. The van der Waals surface area contributed by atoms with Gasteiger partial charge in [0.05, 0.1) is 7.57 Å². The molecule has 0 spiro atoms. The van der Waals surface area contributed by atoms with E-state index in [1.807, 2.05) is 7.05 Å². The molecular formula is C13H17Br2N5S. The molecule has 3 heterocycles. The standard InChI is InChI=1S/C13H17Br2N5S/c1-16-6-8-3-2-4-20(7-8)13-17-12(18-19-13)9-5-10(14)21-11(9)15/h5,8,16H,2-4,6-7H2,1H3,(H,17,18,19). The number of rotatable bonds is 4. The van der Waals surface area contributed by atoms with E-state index in [9.17, 15) is 0 Å². The van der Waals surface area contributed by atoms with Crippen LogP contribution in [0.1, 0.15) is 12.8 Å². The molecular weight excluding hydrogens is 418 g/mol. The fraction of sp³-hybridized carbons (Fsp3) is 0.538. The van der Waals surface area contributed by atoms with Gasteiger partial charge in [-0.15, -0.1) is 16.4 Å². The fourth-order valence-electron chi connectivity index (χ4n) is 2.72. The zero-order valence-corrected chi connectivity index (χ0v) is 15.7. The van der Waals surface area contributed by atoms with Gasteiger partial charge in [-0.3, -0.25) is 5.10 Å². The molecule has 21 heavy (non-hydrogen) atoms. The minimum Gasteiger partial charge on any atom is -0.339 e. The van der Waals surface area contributed by atoms with Gasteiger partial charge in [-0.2, -0.15) is 4.98 Å². The lowest BCUT2D eigenvalue weighted by atomic mass is 9.98. The number of halogens is 2. The summed E-state index contributed by atoms with van der Waals surface area (Å²) in [6.45, 7) is 3.11. The Hall–Kier alpha value is -0.440. The first-order valence-corrected chi connectivity index (χ1v) is 9.34. The van der Waals surface area contributed by atoms with Gasteiger partial charge in [0.25, 0.3) is 0 Å². The van der Waals surface area contributed by atoms with Gasteiger partial charge in [-0.25, -0.2) is 0 Å². The summed E-state index contributed by atoms with van der Waals surface area (Å²) in [4.78, 5) is 6.95. The van der Waals surface area contributed by atoms with E-state index >= 15 is 0 Å². The lowest BCUT2D eigenvalue weighted by molar-refractivity contribution is 0.399. The van der Waals surface area contributed by atoms with Crippen LogP contribution in [0.25, 0.3) is 11.4 Å². The topological polar surface area (TPSA) is 56.8 Å². The van der Waals surface area contributed by atoms with Gasteiger partial charge >= 0.3 is 0 Å². The first-order chi connectivity index (χ1) is 10.2. The maximum atomic E-state index is 4.67. The van der Waals surface area contributed by atoms with E-state index in [4.69, 9.17) is 0 Å². The summed E-state index contributed by atoms with van der Waals surface area (Å²) in [5, 5.41) is 10.7. The van der Waals surface area contributed by atoms with Crippen LogP contribution in [-0.2, 0) is 0 Å². The molecule has 1 aliphatic rings. The first-order valence-electron chi connectivity index (χ1n) is 6.94. The van der Waals surface area contributed by atoms with Crippen molar-refractivity contribution in [2.75, 3.05) is 31.6 Å². The minimum absolute atomic E-state index is 0.674. The van der Waals surface area contributed by atoms with Crippen molar-refractivity contribution in [3.8, 4) is 11.4 Å². The average Bonchev–Trinajstić information content (AvgIpc) is 3.06. The predicted molar refractivity (Wildman–Crippen MR) is 94.0 cm³/mol. The molecule has 0 radical (unpaired) electrons. The van der Waals surface area contributed by atoms with Crippen molar-refractivity contribution in [1.82, 2.24) is 20.5 Å². The number of aromatic nitrogens is 3. The summed E-state index contributed by atoms with van der Waals surface area (Å²) in [5.74, 6) is 2.29. The van der Waals surface area contributed by atoms with Crippen LogP contribution >= 0.6 is 43.2 Å². The van der Waals surface area contributed by atoms with Gasteiger partial charge in [-0.05, 0) is 70.3 Å². The molecule has 2 N–H and O–H groups in total. The third-order valence-corrected chi connectivity index (χ3v) is 6.02. The van der Waals surface area contributed by atoms with Crippen molar-refractivity contribution in [2.45, 2.75) is 12.8 Å². The quantitative estimate of drug-likeness (QED) is 0.773. The predicted octanol–water partition coefficient (Wildman–Crippen LogP) is 3.49. The van der Waals surface area contributed by atoms with Gasteiger partial charge in [0.15, 0.2) is 5.82 Å². The van der Waals surface area contributed by atoms with Crippen molar-refractivity contribution < 1.29 is 0 Å². The van der Waals surface area contributed by atoms with Crippen LogP contribution in [0.15, 0.2) is 13.6 Å². The van der Waals surface area contributed by atoms with E-state index in [0.29, 0.717) is 5.92 Å². The number of nitrogens with one attached hydrogen (secondary N) is 2. The Balaban J connectivity index is 1.77. The fourth-order valence-corrected chi connectivity index (χ4v) is 5.52. The Kier molecular flexibility index (Phi) is 4.98. The Morgan fingerprint density at radius 1 is 1.52 bits per heavy atom. The number of piperidine rings is 1. The highest BCUT2D eigenvalue weighted by Crippen LogP contribution is 2.37. The summed E-state index contributed by atoms with van der Waals surface area (Å²) < 4.78 is 2.14. The molecule has 1 fully saturated rings. The number of thiophene rings is 1. The normalized spacial score (nSPS) is 19.2. The summed E-state index contributed by atoms with van der Waals surface area (Å²) in [6.07, 6.45) is 2.47. The minimum atomic E-state index is 0.674. The second-order valence-electron chi connectivity index (χ2n) is 5.23. The van der Waals surface area contributed by atoms with E-state index in [2.05, 4.69) is 63.3 Å². The van der Waals surface area contributed by atoms with Crippen LogP contribution in [-0.4, -0.2) is 41.9 Å². The van der Waals surface area contributed by atoms with Crippen LogP contribution in [0.4, 0.5) is 5.95 Å². The zero-order valence-electron chi connectivity index (χ0n) is 11.7. The molecule has 1 atom stereocenters. The third-order valence-electron chi connectivity index (χ3n) is 3.68. The first kappa shape index (κ1) is 15.5. The second kappa shape index (κ2) is 6.76. The molecule has 0 amide bonds. The van der Waals surface area contributed by atoms with Crippen LogP contribution in [0.5, 0.6) is 0 Å². The van der Waals surface area contributed by atoms with Gasteiger partial charge in [0, 0.05) is 18.7 Å². The van der Waals surface area contributed by atoms with Crippen LogP contribution in [0.2, 0.25) is 0 Å². The summed E-state index contributed by atoms with van der Waals surface area (Å²) in [6, 6.07) is 2.05. The molecule has 1 saturated heterocycles. The average molecular weight is 435 g/mol. The van der Waals surface area contributed by atoms with Gasteiger partial charge in [-0.1, -0.05) is 0 Å². The van der Waals surface area contributed by atoms with Gasteiger partial charge < -0.3 is 10.2 Å². The van der Waals surface area contributed by atoms with Crippen LogP contribution in [0.3, 0.4) is 0 Å². The maximum absolute atomic E-state index is 4.67. The SMILES string of the molecule is CNCC1CCCN(c2n[nH]c(-c3cc(Br)sc3Br)n2)C1. The Labute approximate surface area is 144 Å². The highest BCUT2D eigenvalue weighted by Gasteiger charge is 2.23. The molecule has 5 nitrogen and oxygen atoms in total. The smallest absolute Gasteiger partial charge is 0.245 e. The maximum Gasteiger partial charge on any atom is 0.245 e. The van der Waals surface area contributed by atoms with E-state index < -0.39 is 0 Å². The number of nitrogens with zero attached hydrogens (tertiary/aromatic N) is 3. The van der Waals surface area contributed by atoms with E-state index in [-0.39, 0.29) is 0 Å². The van der Waals surface area contributed by atoms with E-state index in [1.165, 1.54) is 12.8 Å². The molecule has 3 rings (SSSR count). The highest BCUT2D eigenvalue weighted by molar-refractivity contribution is 9.12. The van der Waals surface area contributed by atoms with Crippen molar-refractivity contribution in [3.63, 3.8) is 0 Å². The monoisotopic (exact) mass is 433 g/mol. The molecule has 0 aliphatic carbocycles. The molecule has 0 bridgehead atoms. The number of aromatic amines is 1. The highest BCUT2D eigenvalue weighted by atomic mass is 79.9. The summed E-state index contributed by atoms with van der Waals surface area (Å²) >= 11 is 8.71. The lowest BCUT2D eigenvalue weighted by Gasteiger charge is -2.31. The number of anilines is 1. The largest absolute Gasteiger partial charge is 0.339 e. The third kappa shape index (κ3) is 3.49. The molecule has 2 aromatic heterocycles. The van der Waals surface area contributed by atoms with Crippen molar-refractivity contribution in [1.29, 1.82) is 0 Å². The number of hydrogen-bond acceptors (Lipinski definition) is 5. The Morgan fingerprint density at radius 3 is 3.10 bits per heavy atom. The Morgan fingerprint density at radius 2 is 2.38 bits per heavy atom. The molecule has 0 aromatic carbocycles. The van der Waals surface area contributed by atoms with E-state index in [0.717, 1.165) is 44.5 Å². The van der Waals surface area contributed by atoms with Crippen molar-refractivity contribution >= 4 is 49.1 Å². The van der Waals surface area contributed by atoms with Crippen molar-refractivity contribution in [3.05, 3.63) is 13.6 Å². The zero-order chi connectivity index (χ0) is 14.8. The molecule has 8 heteroatoms. The number of hydrogen-bond donors (Lipinski definition) is 2. The molecule has 2 aromatic rings. The number of H-pyrrole nitrogens is 1. The molecule has 1 unspecified atom stereocenters. The van der Waals surface area contributed by atoms with Gasteiger partial charge in [0.2, 0.25) is 5.95 Å². The Bertz CT molecular complexity index is 609. The lowest BCUT2D eigenvalue weighted by Crippen LogP contribution is -2.39. The van der Waals surface area contributed by atoms with Crippen molar-refractivity contribution in [2.24, 2.45) is 5.92 Å². The van der Waals surface area contributed by atoms with E-state index in [1.54, 1.807) is 11.3 Å². The molecule has 1 aliphatic heterocycles. The van der Waals surface area contributed by atoms with Crippen LogP contribution in [0, 0.1) is 5.92 Å². The van der Waals surface area contributed by atoms with Gasteiger partial charge in [0.1, 0.15) is 0 Å².